The first kappa shape index (κ1) is 11.3. The van der Waals surface area contributed by atoms with Gasteiger partial charge in [-0.25, -0.2) is 10.4 Å². The molecule has 5 nitrogen and oxygen atoms in total. The van der Waals surface area contributed by atoms with Gasteiger partial charge in [0.25, 0.3) is 0 Å². The summed E-state index contributed by atoms with van der Waals surface area (Å²) in [7, 11) is 1.92. The highest BCUT2D eigenvalue weighted by atomic mass is 79.9. The summed E-state index contributed by atoms with van der Waals surface area (Å²) in [5.74, 6) is 6.39. The van der Waals surface area contributed by atoms with E-state index in [1.54, 1.807) is 12.4 Å². The minimum Gasteiger partial charge on any atom is -0.336 e. The molecule has 0 saturated carbocycles. The van der Waals surface area contributed by atoms with Gasteiger partial charge in [-0.05, 0) is 28.1 Å². The van der Waals surface area contributed by atoms with Crippen LogP contribution in [0.4, 0.5) is 0 Å². The van der Waals surface area contributed by atoms with E-state index in [1.807, 2.05) is 29.9 Å². The fraction of sp³-hybridized carbons (Fsp3) is 0.200. The van der Waals surface area contributed by atoms with Gasteiger partial charge in [0.2, 0.25) is 0 Å². The van der Waals surface area contributed by atoms with Crippen molar-refractivity contribution >= 4 is 15.9 Å². The van der Waals surface area contributed by atoms with Gasteiger partial charge >= 0.3 is 0 Å². The van der Waals surface area contributed by atoms with Crippen molar-refractivity contribution in [3.8, 4) is 0 Å². The van der Waals surface area contributed by atoms with E-state index in [2.05, 4.69) is 31.3 Å². The van der Waals surface area contributed by atoms with Crippen molar-refractivity contribution in [2.75, 3.05) is 0 Å². The van der Waals surface area contributed by atoms with Crippen molar-refractivity contribution in [3.05, 3.63) is 46.7 Å². The fourth-order valence-corrected chi connectivity index (χ4v) is 2.03. The van der Waals surface area contributed by atoms with E-state index in [-0.39, 0.29) is 6.04 Å². The first-order valence-electron chi connectivity index (χ1n) is 4.77. The molecule has 2 heterocycles. The van der Waals surface area contributed by atoms with Gasteiger partial charge in [0.15, 0.2) is 0 Å². The number of rotatable bonds is 3. The smallest absolute Gasteiger partial charge is 0.133 e. The molecule has 0 radical (unpaired) electrons. The molecule has 0 amide bonds. The first-order valence-corrected chi connectivity index (χ1v) is 5.57. The maximum atomic E-state index is 5.57. The molecule has 0 bridgehead atoms. The van der Waals surface area contributed by atoms with Crippen molar-refractivity contribution in [3.63, 3.8) is 0 Å². The largest absolute Gasteiger partial charge is 0.336 e. The molecular formula is C10H12BrN5. The van der Waals surface area contributed by atoms with Crippen LogP contribution in [0.25, 0.3) is 0 Å². The number of hydrogen-bond acceptors (Lipinski definition) is 4. The van der Waals surface area contributed by atoms with Crippen LogP contribution in [0.2, 0.25) is 0 Å². The van der Waals surface area contributed by atoms with Crippen molar-refractivity contribution in [2.24, 2.45) is 12.9 Å². The van der Waals surface area contributed by atoms with E-state index in [1.165, 1.54) is 0 Å². The predicted octanol–water partition coefficient (Wildman–Crippen LogP) is 1.13. The maximum absolute atomic E-state index is 5.57. The Balaban J connectivity index is 2.45. The Morgan fingerprint density at radius 3 is 2.81 bits per heavy atom. The van der Waals surface area contributed by atoms with E-state index in [9.17, 15) is 0 Å². The molecule has 0 fully saturated rings. The normalized spacial score (nSPS) is 12.7. The monoisotopic (exact) mass is 281 g/mol. The summed E-state index contributed by atoms with van der Waals surface area (Å²) in [6, 6.07) is 3.56. The molecule has 3 N–H and O–H groups in total. The Morgan fingerprint density at radius 1 is 1.44 bits per heavy atom. The summed E-state index contributed by atoms with van der Waals surface area (Å²) < 4.78 is 2.81. The quantitative estimate of drug-likeness (QED) is 0.654. The third-order valence-corrected chi connectivity index (χ3v) is 3.01. The Hall–Kier alpha value is -1.24. The minimum absolute atomic E-state index is 0.226. The molecule has 84 valence electrons. The lowest BCUT2D eigenvalue weighted by Crippen LogP contribution is -2.31. The third kappa shape index (κ3) is 1.99. The Kier molecular flexibility index (Phi) is 3.33. The second-order valence-corrected chi connectivity index (χ2v) is 4.22. The Labute approximate surface area is 102 Å². The molecular weight excluding hydrogens is 270 g/mol. The molecule has 0 aliphatic heterocycles. The summed E-state index contributed by atoms with van der Waals surface area (Å²) in [5, 5.41) is 0. The standard InChI is InChI=1S/C10H12BrN5/c1-16-6-5-14-10(16)9(15-12)8-7(11)3-2-4-13-8/h2-6,9,15H,12H2,1H3. The van der Waals surface area contributed by atoms with Crippen LogP contribution in [0, 0.1) is 0 Å². The average molecular weight is 282 g/mol. The van der Waals surface area contributed by atoms with Crippen LogP contribution in [0.3, 0.4) is 0 Å². The zero-order valence-corrected chi connectivity index (χ0v) is 10.3. The highest BCUT2D eigenvalue weighted by Gasteiger charge is 2.20. The number of nitrogens with zero attached hydrogens (tertiary/aromatic N) is 3. The van der Waals surface area contributed by atoms with Crippen LogP contribution in [0.15, 0.2) is 35.2 Å². The molecule has 0 aliphatic rings. The third-order valence-electron chi connectivity index (χ3n) is 2.34. The Morgan fingerprint density at radius 2 is 2.25 bits per heavy atom. The molecule has 0 aliphatic carbocycles. The lowest BCUT2D eigenvalue weighted by atomic mass is 10.2. The van der Waals surface area contributed by atoms with Crippen LogP contribution < -0.4 is 11.3 Å². The topological polar surface area (TPSA) is 68.8 Å². The number of imidazole rings is 1. The molecule has 0 aromatic carbocycles. The molecule has 1 atom stereocenters. The van der Waals surface area contributed by atoms with Gasteiger partial charge in [-0.2, -0.15) is 0 Å². The van der Waals surface area contributed by atoms with Crippen LogP contribution in [0.5, 0.6) is 0 Å². The molecule has 0 spiro atoms. The van der Waals surface area contributed by atoms with Crippen LogP contribution in [0.1, 0.15) is 17.6 Å². The van der Waals surface area contributed by atoms with Gasteiger partial charge in [0.1, 0.15) is 11.9 Å². The number of pyridine rings is 1. The lowest BCUT2D eigenvalue weighted by Gasteiger charge is -2.16. The molecule has 6 heteroatoms. The highest BCUT2D eigenvalue weighted by molar-refractivity contribution is 9.10. The SMILES string of the molecule is Cn1ccnc1C(NN)c1ncccc1Br. The fourth-order valence-electron chi connectivity index (χ4n) is 1.54. The highest BCUT2D eigenvalue weighted by Crippen LogP contribution is 2.24. The van der Waals surface area contributed by atoms with Gasteiger partial charge in [0, 0.05) is 30.1 Å². The van der Waals surface area contributed by atoms with Crippen LogP contribution >= 0.6 is 15.9 Å². The number of hydrazine groups is 1. The van der Waals surface area contributed by atoms with Crippen molar-refractivity contribution in [1.29, 1.82) is 0 Å². The number of nitrogens with one attached hydrogen (secondary N) is 1. The van der Waals surface area contributed by atoms with E-state index >= 15 is 0 Å². The Bertz CT molecular complexity index is 482. The zero-order chi connectivity index (χ0) is 11.5. The van der Waals surface area contributed by atoms with Gasteiger partial charge in [-0.1, -0.05) is 0 Å². The number of hydrogen-bond donors (Lipinski definition) is 2. The minimum atomic E-state index is -0.226. The van der Waals surface area contributed by atoms with Crippen LogP contribution in [-0.4, -0.2) is 14.5 Å². The summed E-state index contributed by atoms with van der Waals surface area (Å²) in [6.45, 7) is 0. The molecule has 2 rings (SSSR count). The van der Waals surface area contributed by atoms with E-state index in [0.29, 0.717) is 0 Å². The molecule has 2 aromatic heterocycles. The summed E-state index contributed by atoms with van der Waals surface area (Å²) in [4.78, 5) is 8.57. The van der Waals surface area contributed by atoms with Crippen molar-refractivity contribution in [2.45, 2.75) is 6.04 Å². The number of aryl methyl sites for hydroxylation is 1. The van der Waals surface area contributed by atoms with Gasteiger partial charge in [0.05, 0.1) is 5.69 Å². The molecule has 2 aromatic rings. The van der Waals surface area contributed by atoms with Crippen molar-refractivity contribution < 1.29 is 0 Å². The zero-order valence-electron chi connectivity index (χ0n) is 8.76. The van der Waals surface area contributed by atoms with Crippen LogP contribution in [-0.2, 0) is 7.05 Å². The summed E-state index contributed by atoms with van der Waals surface area (Å²) in [6.07, 6.45) is 5.33. The van der Waals surface area contributed by atoms with E-state index in [0.717, 1.165) is 16.0 Å². The molecule has 16 heavy (non-hydrogen) atoms. The second-order valence-electron chi connectivity index (χ2n) is 3.37. The number of halogens is 1. The number of nitrogens with two attached hydrogens (primary N) is 1. The first-order chi connectivity index (χ1) is 7.74. The number of aromatic nitrogens is 3. The van der Waals surface area contributed by atoms with Crippen molar-refractivity contribution in [1.82, 2.24) is 20.0 Å². The van der Waals surface area contributed by atoms with Gasteiger partial charge < -0.3 is 4.57 Å². The lowest BCUT2D eigenvalue weighted by molar-refractivity contribution is 0.565. The second kappa shape index (κ2) is 4.73. The van der Waals surface area contributed by atoms with Gasteiger partial charge in [-0.15, -0.1) is 0 Å². The van der Waals surface area contributed by atoms with E-state index in [4.69, 9.17) is 5.84 Å². The molecule has 1 unspecified atom stereocenters. The van der Waals surface area contributed by atoms with E-state index < -0.39 is 0 Å². The average Bonchev–Trinajstić information content (AvgIpc) is 2.69. The maximum Gasteiger partial charge on any atom is 0.133 e. The summed E-state index contributed by atoms with van der Waals surface area (Å²) >= 11 is 3.45. The van der Waals surface area contributed by atoms with Gasteiger partial charge in [-0.3, -0.25) is 10.8 Å². The molecule has 0 saturated heterocycles. The predicted molar refractivity (Wildman–Crippen MR) is 64.3 cm³/mol. The summed E-state index contributed by atoms with van der Waals surface area (Å²) in [5.41, 5.74) is 3.55.